The average Bonchev–Trinajstić information content (AvgIpc) is 2.16. The summed E-state index contributed by atoms with van der Waals surface area (Å²) in [6.07, 6.45) is 1.83. The van der Waals surface area contributed by atoms with Crippen molar-refractivity contribution in [1.29, 1.82) is 0 Å². The van der Waals surface area contributed by atoms with E-state index in [9.17, 15) is 9.59 Å². The van der Waals surface area contributed by atoms with Crippen LogP contribution in [-0.2, 0) is 9.59 Å². The Bertz CT molecular complexity index is 268. The monoisotopic (exact) mass is 230 g/mol. The zero-order chi connectivity index (χ0) is 11.6. The summed E-state index contributed by atoms with van der Waals surface area (Å²) in [6, 6.07) is 0. The van der Waals surface area contributed by atoms with Crippen LogP contribution in [0.25, 0.3) is 0 Å². The van der Waals surface area contributed by atoms with E-state index in [0.717, 1.165) is 6.42 Å². The van der Waals surface area contributed by atoms with Gasteiger partial charge in [-0.05, 0) is 31.1 Å². The van der Waals surface area contributed by atoms with Crippen LogP contribution < -0.4 is 0 Å². The first kappa shape index (κ1) is 19.5. The SMILES string of the molecule is CC(C)C1CCC(C(=O)O)C(C(=O)O)C1.[LiH].[LiH]. The van der Waals surface area contributed by atoms with E-state index in [-0.39, 0.29) is 37.7 Å². The molecule has 1 aliphatic carbocycles. The molecule has 0 aromatic heterocycles. The first-order chi connectivity index (χ1) is 6.93. The Balaban J connectivity index is 0. The molecule has 0 heterocycles. The van der Waals surface area contributed by atoms with Gasteiger partial charge >= 0.3 is 49.7 Å². The van der Waals surface area contributed by atoms with Crippen molar-refractivity contribution in [2.75, 3.05) is 0 Å². The zero-order valence-corrected chi connectivity index (χ0v) is 9.14. The van der Waals surface area contributed by atoms with Crippen LogP contribution in [0, 0.1) is 23.7 Å². The van der Waals surface area contributed by atoms with E-state index in [1.54, 1.807) is 0 Å². The van der Waals surface area contributed by atoms with Gasteiger partial charge in [0.1, 0.15) is 0 Å². The summed E-state index contributed by atoms with van der Waals surface area (Å²) in [7, 11) is 0. The summed E-state index contributed by atoms with van der Waals surface area (Å²) in [5.74, 6) is -2.55. The molecule has 3 atom stereocenters. The molecule has 0 radical (unpaired) electrons. The van der Waals surface area contributed by atoms with Gasteiger partial charge in [-0.2, -0.15) is 0 Å². The predicted octanol–water partition coefficient (Wildman–Crippen LogP) is 0.547. The van der Waals surface area contributed by atoms with Crippen molar-refractivity contribution < 1.29 is 19.8 Å². The summed E-state index contributed by atoms with van der Waals surface area (Å²) in [5.41, 5.74) is 0. The number of carboxylic acid groups (broad SMARTS) is 2. The Kier molecular flexibility index (Phi) is 9.48. The number of carboxylic acids is 2. The van der Waals surface area contributed by atoms with Crippen LogP contribution in [0.4, 0.5) is 0 Å². The van der Waals surface area contributed by atoms with E-state index >= 15 is 0 Å². The Morgan fingerprint density at radius 2 is 1.47 bits per heavy atom. The Hall–Kier alpha value is 0.135. The van der Waals surface area contributed by atoms with Gasteiger partial charge in [0.2, 0.25) is 0 Å². The van der Waals surface area contributed by atoms with Crippen molar-refractivity contribution in [3.63, 3.8) is 0 Å². The minimum atomic E-state index is -0.968. The quantitative estimate of drug-likeness (QED) is 0.694. The number of aliphatic carboxylic acids is 2. The number of carbonyl (C=O) groups is 2. The molecule has 2 N–H and O–H groups in total. The fourth-order valence-corrected chi connectivity index (χ4v) is 2.38. The fraction of sp³-hybridized carbons (Fsp3) is 0.818. The second-order valence-corrected chi connectivity index (χ2v) is 4.71. The first-order valence-electron chi connectivity index (χ1n) is 5.39. The Morgan fingerprint density at radius 1 is 1.00 bits per heavy atom. The Labute approximate surface area is 126 Å². The molecule has 0 saturated heterocycles. The standard InChI is InChI=1S/C11H18O4.2Li.2H/c1-6(2)7-3-4-8(10(12)13)9(5-7)11(14)15;;;;/h6-9H,3-5H2,1-2H3,(H,12,13)(H,14,15);;;;. The number of hydrogen-bond acceptors (Lipinski definition) is 2. The van der Waals surface area contributed by atoms with E-state index in [0.29, 0.717) is 24.7 Å². The Morgan fingerprint density at radius 3 is 1.82 bits per heavy atom. The maximum atomic E-state index is 11.0. The number of hydrogen-bond donors (Lipinski definition) is 2. The summed E-state index contributed by atoms with van der Waals surface area (Å²) >= 11 is 0. The molecule has 0 aliphatic heterocycles. The molecule has 1 rings (SSSR count). The van der Waals surface area contributed by atoms with Gasteiger partial charge in [-0.3, -0.25) is 9.59 Å². The molecule has 3 unspecified atom stereocenters. The third-order valence-corrected chi connectivity index (χ3v) is 3.47. The van der Waals surface area contributed by atoms with E-state index in [1.807, 2.05) is 0 Å². The molecule has 0 bridgehead atoms. The van der Waals surface area contributed by atoms with Crippen LogP contribution in [0.1, 0.15) is 33.1 Å². The molecule has 0 amide bonds. The van der Waals surface area contributed by atoms with Crippen LogP contribution >= 0.6 is 0 Å². The molecule has 0 aromatic carbocycles. The average molecular weight is 230 g/mol. The normalized spacial score (nSPS) is 27.8. The third-order valence-electron chi connectivity index (χ3n) is 3.47. The minimum absolute atomic E-state index is 0. The predicted molar refractivity (Wildman–Crippen MR) is 68.7 cm³/mol. The zero-order valence-electron chi connectivity index (χ0n) is 9.14. The molecule has 1 saturated carbocycles. The van der Waals surface area contributed by atoms with Crippen LogP contribution in [0.15, 0.2) is 0 Å². The molecule has 6 heteroatoms. The van der Waals surface area contributed by atoms with Crippen molar-refractivity contribution in [2.24, 2.45) is 23.7 Å². The molecule has 0 spiro atoms. The molecular weight excluding hydrogens is 210 g/mol. The second kappa shape index (κ2) is 8.27. The van der Waals surface area contributed by atoms with E-state index in [4.69, 9.17) is 10.2 Å². The van der Waals surface area contributed by atoms with Crippen LogP contribution in [0.5, 0.6) is 0 Å². The molecule has 0 aromatic rings. The molecule has 1 fully saturated rings. The van der Waals surface area contributed by atoms with Crippen molar-refractivity contribution in [2.45, 2.75) is 33.1 Å². The molecule has 90 valence electrons. The summed E-state index contributed by atoms with van der Waals surface area (Å²) in [6.45, 7) is 4.12. The van der Waals surface area contributed by atoms with Crippen molar-refractivity contribution in [3.8, 4) is 0 Å². The van der Waals surface area contributed by atoms with Crippen molar-refractivity contribution in [3.05, 3.63) is 0 Å². The van der Waals surface area contributed by atoms with Gasteiger partial charge in [0, 0.05) is 0 Å². The van der Waals surface area contributed by atoms with Gasteiger partial charge in [-0.1, -0.05) is 13.8 Å². The first-order valence-corrected chi connectivity index (χ1v) is 5.39. The molecular formula is C11H20Li2O4. The second-order valence-electron chi connectivity index (χ2n) is 4.71. The molecule has 1 aliphatic rings. The fourth-order valence-electron chi connectivity index (χ4n) is 2.38. The van der Waals surface area contributed by atoms with E-state index in [2.05, 4.69) is 13.8 Å². The molecule has 17 heavy (non-hydrogen) atoms. The van der Waals surface area contributed by atoms with Crippen LogP contribution in [-0.4, -0.2) is 59.9 Å². The van der Waals surface area contributed by atoms with Crippen LogP contribution in [0.2, 0.25) is 0 Å². The van der Waals surface area contributed by atoms with E-state index in [1.165, 1.54) is 0 Å². The van der Waals surface area contributed by atoms with Gasteiger partial charge in [0.25, 0.3) is 0 Å². The summed E-state index contributed by atoms with van der Waals surface area (Å²) in [5, 5.41) is 17.9. The number of rotatable bonds is 3. The van der Waals surface area contributed by atoms with Gasteiger partial charge < -0.3 is 10.2 Å². The van der Waals surface area contributed by atoms with Gasteiger partial charge in [0.05, 0.1) is 11.8 Å². The summed E-state index contributed by atoms with van der Waals surface area (Å²) < 4.78 is 0. The van der Waals surface area contributed by atoms with E-state index < -0.39 is 23.8 Å². The molecule has 4 nitrogen and oxygen atoms in total. The maximum absolute atomic E-state index is 11.0. The topological polar surface area (TPSA) is 74.6 Å². The van der Waals surface area contributed by atoms with Gasteiger partial charge in [-0.15, -0.1) is 0 Å². The third kappa shape index (κ3) is 5.10. The van der Waals surface area contributed by atoms with Gasteiger partial charge in [-0.25, -0.2) is 0 Å². The van der Waals surface area contributed by atoms with Crippen molar-refractivity contribution >= 4 is 49.7 Å². The van der Waals surface area contributed by atoms with Crippen molar-refractivity contribution in [1.82, 2.24) is 0 Å². The van der Waals surface area contributed by atoms with Crippen LogP contribution in [0.3, 0.4) is 0 Å². The summed E-state index contributed by atoms with van der Waals surface area (Å²) in [4.78, 5) is 21.9. The van der Waals surface area contributed by atoms with Gasteiger partial charge in [0.15, 0.2) is 0 Å².